The predicted molar refractivity (Wildman–Crippen MR) is 304 cm³/mol. The number of H-pyrrole nitrogens is 1. The molecule has 0 spiro atoms. The largest absolute Gasteiger partial charge is 0.462 e. The van der Waals surface area contributed by atoms with E-state index in [1.807, 2.05) is 0 Å². The summed E-state index contributed by atoms with van der Waals surface area (Å²) in [5, 5.41) is 23.9. The van der Waals surface area contributed by atoms with Gasteiger partial charge in [0.25, 0.3) is 15.6 Å². The minimum atomic E-state index is -3.95. The fourth-order valence-corrected chi connectivity index (χ4v) is 11.8. The summed E-state index contributed by atoms with van der Waals surface area (Å²) < 4.78 is 98.1. The predicted octanol–water partition coefficient (Wildman–Crippen LogP) is 6.31. The molecule has 24 nitrogen and oxygen atoms in total. The first kappa shape index (κ1) is 60.9. The zero-order valence-electron chi connectivity index (χ0n) is 46.7. The van der Waals surface area contributed by atoms with Gasteiger partial charge in [0.2, 0.25) is 10.0 Å². The molecule has 1 saturated heterocycles. The number of nitrogens with one attached hydrogen (secondary N) is 2. The molecule has 28 heteroatoms. The third-order valence-corrected chi connectivity index (χ3v) is 17.5. The molecule has 4 N–H and O–H groups in total. The van der Waals surface area contributed by atoms with Crippen molar-refractivity contribution in [3.8, 4) is 34.3 Å². The second-order valence-electron chi connectivity index (χ2n) is 20.1. The number of carbonyl (C=O) groups is 1. The van der Waals surface area contributed by atoms with Crippen LogP contribution in [0.4, 0.5) is 8.78 Å². The number of sulfonamides is 2. The van der Waals surface area contributed by atoms with Gasteiger partial charge in [0.05, 0.1) is 43.1 Å². The standard InChI is InChI=1S/C21H19FN6O4S.C14H12FN5O.C11H20N2O4S.C9H16N2/c1-27(14-6-7-14)33(30,31)19-11-23-20(24-21(19)29)17-10-18(16-8-9-32-26-16)28(25-17)12-13-4-2-3-5-15(13)22;15-10-4-2-1-3-9(10)8-20-13(11-5-6-21-19-11)7-12(18-20)14(16)17;1-5-17-11(14)10(8-12(2)3)18(15,16)13(4)9-6-7-9;1-2-5-9-10-6-4-8-11(9)7-3-1/h2-5,8-11,14H,6-7,12H2,1H3,(H,23,24,29);1-7H,8H2,(H3,16,17);8-9H,5-7H2,1-4H3;1-8H2. The van der Waals surface area contributed by atoms with E-state index in [9.17, 15) is 35.2 Å². The maximum atomic E-state index is 14.2. The first-order chi connectivity index (χ1) is 39.8. The SMILES string of the molecule is C1CCC2=NCCCN2CC1.CCOC(=O)C(=CN(C)C)S(=O)(=O)N(C)C1CC1.CN(C1CC1)S(=O)(=O)c1cnc(-c2cc(-c3ccon3)n(Cc3ccccc3F)n2)[nH]c1=O.N=C(N)c1cc(-c2ccon2)n(Cc2ccccc2F)n1. The highest BCUT2D eigenvalue weighted by atomic mass is 32.2. The number of fused-ring (bicyclic) bond motifs is 1. The van der Waals surface area contributed by atoms with Crippen molar-refractivity contribution in [1.82, 2.24) is 58.3 Å². The van der Waals surface area contributed by atoms with E-state index in [-0.39, 0.29) is 65.7 Å². The molecule has 0 bridgehead atoms. The maximum absolute atomic E-state index is 14.2. The molecule has 2 aliphatic carbocycles. The molecule has 0 radical (unpaired) electrons. The van der Waals surface area contributed by atoms with E-state index in [1.165, 1.54) is 114 Å². The average Bonchev–Trinajstić information content (AvgIpc) is 4.50. The number of nitrogen functional groups attached to an aromatic ring is 1. The zero-order chi connectivity index (χ0) is 59.4. The summed E-state index contributed by atoms with van der Waals surface area (Å²) in [4.78, 5) is 38.9. The van der Waals surface area contributed by atoms with Gasteiger partial charge in [0, 0.05) is 95.8 Å². The second kappa shape index (κ2) is 27.2. The number of hydrogen-bond donors (Lipinski definition) is 3. The first-order valence-corrected chi connectivity index (χ1v) is 29.8. The molecule has 5 aromatic heterocycles. The molecule has 4 aliphatic rings. The molecule has 2 aliphatic heterocycles. The summed E-state index contributed by atoms with van der Waals surface area (Å²) in [6, 6.07) is 19.2. The van der Waals surface area contributed by atoms with E-state index in [0.717, 1.165) is 38.4 Å². The van der Waals surface area contributed by atoms with Gasteiger partial charge in [0.15, 0.2) is 15.6 Å². The molecule has 11 rings (SSSR count). The topological polar surface area (TPSA) is 303 Å². The number of esters is 1. The molecular weight excluding hydrogens is 1120 g/mol. The number of hydrogen-bond acceptors (Lipinski definition) is 18. The Morgan fingerprint density at radius 1 is 0.795 bits per heavy atom. The Kier molecular flexibility index (Phi) is 20.0. The molecule has 0 unspecified atom stereocenters. The van der Waals surface area contributed by atoms with Crippen LogP contribution >= 0.6 is 0 Å². The van der Waals surface area contributed by atoms with Crippen LogP contribution in [0.5, 0.6) is 0 Å². The Balaban J connectivity index is 0.000000155. The van der Waals surface area contributed by atoms with Crippen LogP contribution in [-0.2, 0) is 42.7 Å². The molecule has 442 valence electrons. The quantitative estimate of drug-likeness (QED) is 0.0389. The molecule has 7 aromatic rings. The Hall–Kier alpha value is -8.21. The summed E-state index contributed by atoms with van der Waals surface area (Å²) in [5.41, 5.74) is 8.26. The lowest BCUT2D eigenvalue weighted by atomic mass is 10.2. The maximum Gasteiger partial charge on any atom is 0.352 e. The number of halogens is 2. The van der Waals surface area contributed by atoms with E-state index >= 15 is 0 Å². The van der Waals surface area contributed by atoms with E-state index in [1.54, 1.807) is 86.4 Å². The minimum Gasteiger partial charge on any atom is -0.462 e. The van der Waals surface area contributed by atoms with Crippen molar-refractivity contribution in [3.05, 3.63) is 141 Å². The van der Waals surface area contributed by atoms with Gasteiger partial charge in [-0.1, -0.05) is 53.1 Å². The molecular formula is C55H67F2N15O9S2. The average molecular weight is 1180 g/mol. The number of aromatic amines is 1. The number of ether oxygens (including phenoxy) is 1. The number of benzene rings is 2. The van der Waals surface area contributed by atoms with Gasteiger partial charge < -0.3 is 34.3 Å². The van der Waals surface area contributed by atoms with E-state index < -0.39 is 36.5 Å². The molecule has 0 atom stereocenters. The summed E-state index contributed by atoms with van der Waals surface area (Å²) in [5.74, 6) is -0.200. The minimum absolute atomic E-state index is 0.00925. The third-order valence-electron chi connectivity index (χ3n) is 13.7. The fourth-order valence-electron chi connectivity index (χ4n) is 8.88. The van der Waals surface area contributed by atoms with E-state index in [2.05, 4.69) is 40.4 Å². The second-order valence-corrected chi connectivity index (χ2v) is 24.0. The Morgan fingerprint density at radius 3 is 1.92 bits per heavy atom. The lowest BCUT2D eigenvalue weighted by Gasteiger charge is -2.27. The fraction of sp³-hybridized carbons (Fsp3) is 0.400. The highest BCUT2D eigenvalue weighted by Gasteiger charge is 2.40. The number of aliphatic imine (C=N–C) groups is 1. The van der Waals surface area contributed by atoms with Crippen LogP contribution in [0, 0.1) is 17.0 Å². The monoisotopic (exact) mass is 1180 g/mol. The first-order valence-electron chi connectivity index (χ1n) is 26.9. The number of rotatable bonds is 17. The number of nitrogens with two attached hydrogens (primary N) is 1. The summed E-state index contributed by atoms with van der Waals surface area (Å²) in [6.07, 6.45) is 15.0. The summed E-state index contributed by atoms with van der Waals surface area (Å²) >= 11 is 0. The molecule has 3 fully saturated rings. The van der Waals surface area contributed by atoms with Crippen molar-refractivity contribution >= 4 is 37.7 Å². The van der Waals surface area contributed by atoms with Crippen LogP contribution < -0.4 is 11.3 Å². The van der Waals surface area contributed by atoms with Crippen LogP contribution in [0.2, 0.25) is 0 Å². The van der Waals surface area contributed by atoms with Crippen LogP contribution in [0.25, 0.3) is 34.3 Å². The third kappa shape index (κ3) is 15.5. The van der Waals surface area contributed by atoms with Crippen molar-refractivity contribution in [2.75, 3.05) is 54.4 Å². The van der Waals surface area contributed by atoms with Gasteiger partial charge in [0.1, 0.15) is 52.8 Å². The van der Waals surface area contributed by atoms with Gasteiger partial charge >= 0.3 is 5.97 Å². The van der Waals surface area contributed by atoms with Gasteiger partial charge in [-0.05, 0) is 76.1 Å². The van der Waals surface area contributed by atoms with Gasteiger partial charge in [-0.25, -0.2) is 35.4 Å². The molecule has 0 amide bonds. The van der Waals surface area contributed by atoms with Crippen molar-refractivity contribution in [1.29, 1.82) is 5.41 Å². The lowest BCUT2D eigenvalue weighted by molar-refractivity contribution is -0.137. The van der Waals surface area contributed by atoms with Crippen molar-refractivity contribution in [3.63, 3.8) is 0 Å². The number of aromatic nitrogens is 8. The molecule has 2 aromatic carbocycles. The Morgan fingerprint density at radius 2 is 1.37 bits per heavy atom. The van der Waals surface area contributed by atoms with Crippen LogP contribution in [0.1, 0.15) is 81.5 Å². The van der Waals surface area contributed by atoms with Crippen molar-refractivity contribution in [2.45, 2.75) is 94.8 Å². The van der Waals surface area contributed by atoms with Crippen LogP contribution in [0.3, 0.4) is 0 Å². The zero-order valence-corrected chi connectivity index (χ0v) is 48.3. The molecule has 83 heavy (non-hydrogen) atoms. The van der Waals surface area contributed by atoms with E-state index in [0.29, 0.717) is 39.6 Å². The molecule has 7 heterocycles. The van der Waals surface area contributed by atoms with Crippen LogP contribution in [0.15, 0.2) is 126 Å². The van der Waals surface area contributed by atoms with E-state index in [4.69, 9.17) is 24.9 Å². The highest BCUT2D eigenvalue weighted by Crippen LogP contribution is 2.32. The smallest absolute Gasteiger partial charge is 0.352 e. The number of amidine groups is 2. The lowest BCUT2D eigenvalue weighted by Crippen LogP contribution is -2.34. The number of carbonyl (C=O) groups excluding carboxylic acids is 1. The number of nitrogens with zero attached hydrogens (tertiary/aromatic N) is 12. The Labute approximate surface area is 479 Å². The summed E-state index contributed by atoms with van der Waals surface area (Å²) in [6.45, 7) is 5.69. The highest BCUT2D eigenvalue weighted by molar-refractivity contribution is 7.94. The van der Waals surface area contributed by atoms with Gasteiger partial charge in [-0.2, -0.15) is 18.8 Å². The van der Waals surface area contributed by atoms with Crippen molar-refractivity contribution in [2.24, 2.45) is 10.7 Å². The normalized spacial score (nSPS) is 15.4. The summed E-state index contributed by atoms with van der Waals surface area (Å²) in [7, 11) is -1.46. The van der Waals surface area contributed by atoms with Crippen molar-refractivity contribution < 1.29 is 44.2 Å². The Bertz CT molecular complexity index is 3710. The molecule has 2 saturated carbocycles. The van der Waals surface area contributed by atoms with Gasteiger partial charge in [-0.15, -0.1) is 0 Å². The van der Waals surface area contributed by atoms with Gasteiger partial charge in [-0.3, -0.25) is 24.6 Å². The van der Waals surface area contributed by atoms with Crippen LogP contribution in [-0.4, -0.2) is 159 Å².